The van der Waals surface area contributed by atoms with Gasteiger partial charge in [-0.1, -0.05) is 6.92 Å². The van der Waals surface area contributed by atoms with Gasteiger partial charge in [-0.3, -0.25) is 0 Å². The molecule has 0 saturated heterocycles. The van der Waals surface area contributed by atoms with Gasteiger partial charge in [0.2, 0.25) is 0 Å². The van der Waals surface area contributed by atoms with Crippen LogP contribution in [-0.4, -0.2) is 16.0 Å². The third-order valence-electron chi connectivity index (χ3n) is 2.93. The van der Waals surface area contributed by atoms with E-state index < -0.39 is 0 Å². The van der Waals surface area contributed by atoms with E-state index in [9.17, 15) is 0 Å². The fourth-order valence-corrected chi connectivity index (χ4v) is 1.65. The SMILES string of the molecule is CCC(N)Cc1ccnc(CC2CC2)n1. The molecule has 3 heteroatoms. The first-order chi connectivity index (χ1) is 7.28. The average molecular weight is 205 g/mol. The lowest BCUT2D eigenvalue weighted by Crippen LogP contribution is -2.22. The largest absolute Gasteiger partial charge is 0.327 e. The van der Waals surface area contributed by atoms with E-state index in [1.807, 2.05) is 12.3 Å². The molecule has 0 radical (unpaired) electrons. The molecule has 2 rings (SSSR count). The van der Waals surface area contributed by atoms with Gasteiger partial charge in [0.1, 0.15) is 5.82 Å². The second-order valence-electron chi connectivity index (χ2n) is 4.48. The zero-order valence-corrected chi connectivity index (χ0v) is 9.32. The maximum atomic E-state index is 5.91. The predicted octanol–water partition coefficient (Wildman–Crippen LogP) is 1.71. The van der Waals surface area contributed by atoms with Crippen LogP contribution in [0.2, 0.25) is 0 Å². The molecule has 1 fully saturated rings. The molecule has 2 N–H and O–H groups in total. The highest BCUT2D eigenvalue weighted by molar-refractivity contribution is 5.05. The second-order valence-corrected chi connectivity index (χ2v) is 4.48. The van der Waals surface area contributed by atoms with E-state index in [2.05, 4.69) is 16.9 Å². The van der Waals surface area contributed by atoms with Gasteiger partial charge in [0.15, 0.2) is 0 Å². The number of rotatable bonds is 5. The van der Waals surface area contributed by atoms with Crippen LogP contribution in [0.4, 0.5) is 0 Å². The van der Waals surface area contributed by atoms with Gasteiger partial charge in [-0.15, -0.1) is 0 Å². The van der Waals surface area contributed by atoms with Gasteiger partial charge < -0.3 is 5.73 Å². The lowest BCUT2D eigenvalue weighted by atomic mass is 10.1. The first-order valence-electron chi connectivity index (χ1n) is 5.84. The van der Waals surface area contributed by atoms with E-state index in [1.54, 1.807) is 0 Å². The summed E-state index contributed by atoms with van der Waals surface area (Å²) in [5.41, 5.74) is 7.00. The van der Waals surface area contributed by atoms with Crippen LogP contribution in [0.25, 0.3) is 0 Å². The highest BCUT2D eigenvalue weighted by atomic mass is 14.9. The van der Waals surface area contributed by atoms with Gasteiger partial charge in [0.05, 0.1) is 0 Å². The molecule has 0 aliphatic heterocycles. The Hall–Kier alpha value is -0.960. The Bertz CT molecular complexity index is 320. The van der Waals surface area contributed by atoms with Crippen molar-refractivity contribution in [3.8, 4) is 0 Å². The summed E-state index contributed by atoms with van der Waals surface area (Å²) in [6.07, 6.45) is 7.49. The topological polar surface area (TPSA) is 51.8 Å². The van der Waals surface area contributed by atoms with Crippen LogP contribution in [0.1, 0.15) is 37.7 Å². The molecule has 0 amide bonds. The van der Waals surface area contributed by atoms with Crippen molar-refractivity contribution in [2.24, 2.45) is 11.7 Å². The Kier molecular flexibility index (Phi) is 3.31. The Morgan fingerprint density at radius 1 is 1.53 bits per heavy atom. The molecule has 1 heterocycles. The Balaban J connectivity index is 1.97. The van der Waals surface area contributed by atoms with E-state index in [0.29, 0.717) is 0 Å². The van der Waals surface area contributed by atoms with E-state index in [-0.39, 0.29) is 6.04 Å². The Morgan fingerprint density at radius 3 is 3.00 bits per heavy atom. The highest BCUT2D eigenvalue weighted by Gasteiger charge is 2.22. The number of hydrogen-bond donors (Lipinski definition) is 1. The van der Waals surface area contributed by atoms with Crippen molar-refractivity contribution in [1.82, 2.24) is 9.97 Å². The first-order valence-corrected chi connectivity index (χ1v) is 5.84. The quantitative estimate of drug-likeness (QED) is 0.796. The standard InChI is InChI=1S/C12H19N3/c1-2-10(13)8-11-5-6-14-12(15-11)7-9-3-4-9/h5-6,9-10H,2-4,7-8,13H2,1H3. The van der Waals surface area contributed by atoms with Crippen LogP contribution >= 0.6 is 0 Å². The van der Waals surface area contributed by atoms with E-state index in [4.69, 9.17) is 5.73 Å². The summed E-state index contributed by atoms with van der Waals surface area (Å²) in [4.78, 5) is 8.85. The molecule has 1 atom stereocenters. The van der Waals surface area contributed by atoms with Crippen molar-refractivity contribution in [3.05, 3.63) is 23.8 Å². The zero-order chi connectivity index (χ0) is 10.7. The van der Waals surface area contributed by atoms with Crippen molar-refractivity contribution < 1.29 is 0 Å². The molecule has 0 spiro atoms. The van der Waals surface area contributed by atoms with Crippen molar-refractivity contribution in [3.63, 3.8) is 0 Å². The molecule has 1 aliphatic carbocycles. The van der Waals surface area contributed by atoms with E-state index in [0.717, 1.165) is 36.7 Å². The molecule has 1 unspecified atom stereocenters. The number of hydrogen-bond acceptors (Lipinski definition) is 3. The van der Waals surface area contributed by atoms with Gasteiger partial charge in [-0.2, -0.15) is 0 Å². The molecular weight excluding hydrogens is 186 g/mol. The third kappa shape index (κ3) is 3.27. The zero-order valence-electron chi connectivity index (χ0n) is 9.32. The van der Waals surface area contributed by atoms with Crippen molar-refractivity contribution >= 4 is 0 Å². The monoisotopic (exact) mass is 205 g/mol. The van der Waals surface area contributed by atoms with Gasteiger partial charge in [0.25, 0.3) is 0 Å². The van der Waals surface area contributed by atoms with Crippen LogP contribution in [-0.2, 0) is 12.8 Å². The molecule has 15 heavy (non-hydrogen) atoms. The molecule has 0 bridgehead atoms. The van der Waals surface area contributed by atoms with Crippen LogP contribution in [0.3, 0.4) is 0 Å². The van der Waals surface area contributed by atoms with Crippen LogP contribution in [0.5, 0.6) is 0 Å². The lowest BCUT2D eigenvalue weighted by Gasteiger charge is -2.08. The molecule has 1 aromatic heterocycles. The van der Waals surface area contributed by atoms with Crippen molar-refractivity contribution in [2.45, 2.75) is 45.1 Å². The van der Waals surface area contributed by atoms with Crippen molar-refractivity contribution in [1.29, 1.82) is 0 Å². The minimum absolute atomic E-state index is 0.230. The minimum atomic E-state index is 0.230. The summed E-state index contributed by atoms with van der Waals surface area (Å²) in [5, 5.41) is 0. The Labute approximate surface area is 91.1 Å². The number of nitrogens with two attached hydrogens (primary N) is 1. The van der Waals surface area contributed by atoms with Gasteiger partial charge >= 0.3 is 0 Å². The van der Waals surface area contributed by atoms with Gasteiger partial charge in [-0.05, 0) is 31.2 Å². The van der Waals surface area contributed by atoms with E-state index in [1.165, 1.54) is 12.8 Å². The molecule has 0 aromatic carbocycles. The molecule has 1 aromatic rings. The van der Waals surface area contributed by atoms with Crippen LogP contribution in [0.15, 0.2) is 12.3 Å². The predicted molar refractivity (Wildman–Crippen MR) is 60.4 cm³/mol. The highest BCUT2D eigenvalue weighted by Crippen LogP contribution is 2.31. The van der Waals surface area contributed by atoms with Crippen LogP contribution < -0.4 is 5.73 Å². The van der Waals surface area contributed by atoms with E-state index >= 15 is 0 Å². The lowest BCUT2D eigenvalue weighted by molar-refractivity contribution is 0.630. The summed E-state index contributed by atoms with van der Waals surface area (Å²) in [6.45, 7) is 2.11. The molecule has 1 aliphatic rings. The molecule has 82 valence electrons. The Morgan fingerprint density at radius 2 is 2.33 bits per heavy atom. The fraction of sp³-hybridized carbons (Fsp3) is 0.667. The smallest absolute Gasteiger partial charge is 0.128 e. The van der Waals surface area contributed by atoms with Gasteiger partial charge in [-0.25, -0.2) is 9.97 Å². The van der Waals surface area contributed by atoms with Crippen LogP contribution in [0, 0.1) is 5.92 Å². The average Bonchev–Trinajstić information content (AvgIpc) is 3.02. The molecule has 3 nitrogen and oxygen atoms in total. The van der Waals surface area contributed by atoms with Crippen molar-refractivity contribution in [2.75, 3.05) is 0 Å². The van der Waals surface area contributed by atoms with Gasteiger partial charge in [0, 0.05) is 30.8 Å². The number of nitrogens with zero attached hydrogens (tertiary/aromatic N) is 2. The minimum Gasteiger partial charge on any atom is -0.327 e. The summed E-state index contributed by atoms with van der Waals surface area (Å²) in [6, 6.07) is 2.21. The second kappa shape index (κ2) is 4.71. The molecule has 1 saturated carbocycles. The summed E-state index contributed by atoms with van der Waals surface area (Å²) < 4.78 is 0. The summed E-state index contributed by atoms with van der Waals surface area (Å²) >= 11 is 0. The maximum Gasteiger partial charge on any atom is 0.128 e. The first kappa shape index (κ1) is 10.6. The third-order valence-corrected chi connectivity index (χ3v) is 2.93. The molecular formula is C12H19N3. The normalized spacial score (nSPS) is 17.7. The maximum absolute atomic E-state index is 5.91. The summed E-state index contributed by atoms with van der Waals surface area (Å²) in [7, 11) is 0. The fourth-order valence-electron chi connectivity index (χ4n) is 1.65. The number of aromatic nitrogens is 2. The summed E-state index contributed by atoms with van der Waals surface area (Å²) in [5.74, 6) is 1.85.